The van der Waals surface area contributed by atoms with E-state index in [0.29, 0.717) is 22.6 Å². The van der Waals surface area contributed by atoms with Gasteiger partial charge >= 0.3 is 0 Å². The molecule has 0 saturated carbocycles. The maximum Gasteiger partial charge on any atom is 0.288 e. The molecule has 2 aromatic rings. The van der Waals surface area contributed by atoms with E-state index >= 15 is 0 Å². The van der Waals surface area contributed by atoms with Gasteiger partial charge in [-0.2, -0.15) is 0 Å². The van der Waals surface area contributed by atoms with E-state index in [4.69, 9.17) is 16.0 Å². The van der Waals surface area contributed by atoms with Crippen molar-refractivity contribution in [1.82, 2.24) is 0 Å². The Labute approximate surface area is 114 Å². The van der Waals surface area contributed by atoms with Crippen molar-refractivity contribution in [1.29, 1.82) is 0 Å². The highest BCUT2D eigenvalue weighted by Gasteiger charge is 2.18. The van der Waals surface area contributed by atoms with Crippen LogP contribution in [0, 0.1) is 17.0 Å². The van der Waals surface area contributed by atoms with Gasteiger partial charge in [0.1, 0.15) is 22.6 Å². The average molecular weight is 282 g/mol. The number of benzene rings is 1. The van der Waals surface area contributed by atoms with Crippen molar-refractivity contribution in [2.45, 2.75) is 20.0 Å². The van der Waals surface area contributed by atoms with E-state index in [1.807, 2.05) is 0 Å². The van der Waals surface area contributed by atoms with Crippen LogP contribution in [-0.2, 0) is 0 Å². The molecular weight excluding hydrogens is 270 g/mol. The molecule has 19 heavy (non-hydrogen) atoms. The number of aliphatic hydroxyl groups is 1. The molecule has 0 fully saturated rings. The zero-order valence-electron chi connectivity index (χ0n) is 10.4. The topological polar surface area (TPSA) is 76.5 Å². The fourth-order valence-electron chi connectivity index (χ4n) is 1.79. The second-order valence-corrected chi connectivity index (χ2v) is 4.66. The van der Waals surface area contributed by atoms with Gasteiger partial charge in [-0.1, -0.05) is 11.6 Å². The number of aryl methyl sites for hydroxylation is 1. The summed E-state index contributed by atoms with van der Waals surface area (Å²) in [6.45, 7) is 3.33. The Bertz CT molecular complexity index is 634. The second kappa shape index (κ2) is 5.03. The molecule has 0 bridgehead atoms. The van der Waals surface area contributed by atoms with Gasteiger partial charge in [-0.25, -0.2) is 0 Å². The monoisotopic (exact) mass is 281 g/mol. The van der Waals surface area contributed by atoms with Crippen LogP contribution in [0.2, 0.25) is 5.02 Å². The Morgan fingerprint density at radius 1 is 1.42 bits per heavy atom. The first-order valence-electron chi connectivity index (χ1n) is 5.63. The second-order valence-electron chi connectivity index (χ2n) is 4.25. The van der Waals surface area contributed by atoms with E-state index in [0.717, 1.165) is 0 Å². The number of hydrogen-bond acceptors (Lipinski definition) is 4. The maximum absolute atomic E-state index is 10.8. The molecule has 5 nitrogen and oxygen atoms in total. The Kier molecular flexibility index (Phi) is 3.59. The summed E-state index contributed by atoms with van der Waals surface area (Å²) in [5.41, 5.74) is 1.22. The van der Waals surface area contributed by atoms with E-state index in [9.17, 15) is 15.2 Å². The van der Waals surface area contributed by atoms with Gasteiger partial charge in [0.2, 0.25) is 0 Å². The van der Waals surface area contributed by atoms with Gasteiger partial charge in [0.15, 0.2) is 0 Å². The third-order valence-electron chi connectivity index (χ3n) is 2.79. The smallest absolute Gasteiger partial charge is 0.288 e. The molecule has 0 aliphatic carbocycles. The highest BCUT2D eigenvalue weighted by atomic mass is 35.5. The molecule has 0 saturated heterocycles. The molecule has 1 unspecified atom stereocenters. The van der Waals surface area contributed by atoms with Gasteiger partial charge in [-0.3, -0.25) is 10.1 Å². The van der Waals surface area contributed by atoms with Crippen LogP contribution in [0.1, 0.15) is 24.4 Å². The fourth-order valence-corrected chi connectivity index (χ4v) is 2.03. The third kappa shape index (κ3) is 2.62. The van der Waals surface area contributed by atoms with Crippen LogP contribution in [0.5, 0.6) is 0 Å². The molecule has 0 amide bonds. The van der Waals surface area contributed by atoms with E-state index in [1.54, 1.807) is 26.0 Å². The Balaban J connectivity index is 2.50. The van der Waals surface area contributed by atoms with Gasteiger partial charge in [0.25, 0.3) is 5.69 Å². The molecule has 100 valence electrons. The summed E-state index contributed by atoms with van der Waals surface area (Å²) >= 11 is 5.88. The van der Waals surface area contributed by atoms with Gasteiger partial charge in [-0.15, -0.1) is 0 Å². The van der Waals surface area contributed by atoms with Crippen molar-refractivity contribution in [3.05, 3.63) is 50.7 Å². The Hall–Kier alpha value is -1.85. The molecule has 6 heteroatoms. The standard InChI is InChI=1S/C13H12ClNO4/c1-7-5-11(15(17)18)10(14)6-9(7)13-4-3-12(19-13)8(2)16/h3-6,8,16H,1-2H3. The molecule has 1 aromatic heterocycles. The molecule has 0 spiro atoms. The Morgan fingerprint density at radius 3 is 2.63 bits per heavy atom. The van der Waals surface area contributed by atoms with Crippen LogP contribution in [0.25, 0.3) is 11.3 Å². The number of nitro benzene ring substituents is 1. The van der Waals surface area contributed by atoms with E-state index < -0.39 is 11.0 Å². The van der Waals surface area contributed by atoms with Crippen LogP contribution in [-0.4, -0.2) is 10.0 Å². The van der Waals surface area contributed by atoms with Crippen molar-refractivity contribution in [2.24, 2.45) is 0 Å². The molecular formula is C13H12ClNO4. The lowest BCUT2D eigenvalue weighted by molar-refractivity contribution is -0.384. The quantitative estimate of drug-likeness (QED) is 0.684. The molecule has 1 aromatic carbocycles. The molecule has 0 aliphatic rings. The molecule has 2 rings (SSSR count). The first kappa shape index (κ1) is 13.6. The van der Waals surface area contributed by atoms with Crippen molar-refractivity contribution >= 4 is 17.3 Å². The summed E-state index contributed by atoms with van der Waals surface area (Å²) < 4.78 is 5.49. The predicted octanol–water partition coefficient (Wildman–Crippen LogP) is 3.87. The van der Waals surface area contributed by atoms with Crippen LogP contribution >= 0.6 is 11.6 Å². The van der Waals surface area contributed by atoms with Crippen LogP contribution in [0.4, 0.5) is 5.69 Å². The fraction of sp³-hybridized carbons (Fsp3) is 0.231. The summed E-state index contributed by atoms with van der Waals surface area (Å²) in [7, 11) is 0. The number of furan rings is 1. The number of hydrogen-bond donors (Lipinski definition) is 1. The lowest BCUT2D eigenvalue weighted by Gasteiger charge is -2.05. The minimum Gasteiger partial charge on any atom is -0.458 e. The van der Waals surface area contributed by atoms with Crippen LogP contribution in [0.15, 0.2) is 28.7 Å². The number of nitrogens with zero attached hydrogens (tertiary/aromatic N) is 1. The Morgan fingerprint density at radius 2 is 2.11 bits per heavy atom. The number of aliphatic hydroxyl groups excluding tert-OH is 1. The number of rotatable bonds is 3. The van der Waals surface area contributed by atoms with Crippen molar-refractivity contribution < 1.29 is 14.4 Å². The first-order valence-corrected chi connectivity index (χ1v) is 6.00. The zero-order valence-corrected chi connectivity index (χ0v) is 11.1. The summed E-state index contributed by atoms with van der Waals surface area (Å²) in [6, 6.07) is 6.27. The van der Waals surface area contributed by atoms with Crippen molar-refractivity contribution in [2.75, 3.05) is 0 Å². The first-order chi connectivity index (χ1) is 8.90. The third-order valence-corrected chi connectivity index (χ3v) is 3.10. The minimum absolute atomic E-state index is 0.0561. The zero-order chi connectivity index (χ0) is 14.2. The van der Waals surface area contributed by atoms with Crippen molar-refractivity contribution in [3.63, 3.8) is 0 Å². The molecule has 0 radical (unpaired) electrons. The van der Waals surface area contributed by atoms with Crippen molar-refractivity contribution in [3.8, 4) is 11.3 Å². The lowest BCUT2D eigenvalue weighted by Crippen LogP contribution is -1.92. The SMILES string of the molecule is Cc1cc([N+](=O)[O-])c(Cl)cc1-c1ccc(C(C)O)o1. The van der Waals surface area contributed by atoms with Gasteiger partial charge in [0.05, 0.1) is 4.92 Å². The average Bonchev–Trinajstić information content (AvgIpc) is 2.80. The van der Waals surface area contributed by atoms with Gasteiger partial charge in [-0.05, 0) is 37.6 Å². The summed E-state index contributed by atoms with van der Waals surface area (Å²) in [5.74, 6) is 0.953. The van der Waals surface area contributed by atoms with Gasteiger partial charge in [0, 0.05) is 11.6 Å². The number of nitro groups is 1. The summed E-state index contributed by atoms with van der Waals surface area (Å²) in [5, 5.41) is 20.3. The highest BCUT2D eigenvalue weighted by molar-refractivity contribution is 6.33. The van der Waals surface area contributed by atoms with Crippen LogP contribution in [0.3, 0.4) is 0 Å². The molecule has 1 atom stereocenters. The summed E-state index contributed by atoms with van der Waals surface area (Å²) in [6.07, 6.45) is -0.706. The number of halogens is 1. The molecule has 1 heterocycles. The minimum atomic E-state index is -0.706. The van der Waals surface area contributed by atoms with E-state index in [-0.39, 0.29) is 10.7 Å². The van der Waals surface area contributed by atoms with E-state index in [1.165, 1.54) is 12.1 Å². The van der Waals surface area contributed by atoms with E-state index in [2.05, 4.69) is 0 Å². The molecule has 1 N–H and O–H groups in total. The summed E-state index contributed by atoms with van der Waals surface area (Å²) in [4.78, 5) is 10.3. The maximum atomic E-state index is 10.8. The lowest BCUT2D eigenvalue weighted by atomic mass is 10.1. The predicted molar refractivity (Wildman–Crippen MR) is 71.2 cm³/mol. The highest BCUT2D eigenvalue weighted by Crippen LogP contribution is 2.34. The van der Waals surface area contributed by atoms with Crippen LogP contribution < -0.4 is 0 Å². The largest absolute Gasteiger partial charge is 0.458 e. The normalized spacial score (nSPS) is 12.4. The van der Waals surface area contributed by atoms with Gasteiger partial charge < -0.3 is 9.52 Å². The molecule has 0 aliphatic heterocycles.